The van der Waals surface area contributed by atoms with E-state index < -0.39 is 0 Å². The van der Waals surface area contributed by atoms with Crippen molar-refractivity contribution in [1.82, 2.24) is 24.1 Å². The lowest BCUT2D eigenvalue weighted by Crippen LogP contribution is -2.04. The Kier molecular flexibility index (Phi) is 11.2. The van der Waals surface area contributed by atoms with E-state index in [1.54, 1.807) is 24.3 Å². The summed E-state index contributed by atoms with van der Waals surface area (Å²) in [5.41, 5.74) is 14.6. The molecule has 0 unspecified atom stereocenters. The first kappa shape index (κ1) is 46.1. The van der Waals surface area contributed by atoms with Crippen molar-refractivity contribution in [2.45, 2.75) is 0 Å². The summed E-state index contributed by atoms with van der Waals surface area (Å²) >= 11 is 0. The molecule has 0 aliphatic carbocycles. The van der Waals surface area contributed by atoms with E-state index in [1.807, 2.05) is 133 Å². The molecular weight excluding hydrogens is 957 g/mol. The first-order chi connectivity index (χ1) is 38.4. The summed E-state index contributed by atoms with van der Waals surface area (Å²) in [4.78, 5) is 22.8. The summed E-state index contributed by atoms with van der Waals surface area (Å²) in [6.45, 7) is 15.7. The van der Waals surface area contributed by atoms with Gasteiger partial charge >= 0.3 is 0 Å². The van der Waals surface area contributed by atoms with Gasteiger partial charge in [-0.2, -0.15) is 15.8 Å². The number of nitrogens with zero attached hydrogens (tertiary/aromatic N) is 10. The molecule has 0 spiro atoms. The molecule has 0 radical (unpaired) electrons. The van der Waals surface area contributed by atoms with Crippen LogP contribution >= 0.6 is 0 Å². The summed E-state index contributed by atoms with van der Waals surface area (Å²) in [7, 11) is 0. The Hall–Kier alpha value is -11.7. The fourth-order valence-electron chi connectivity index (χ4n) is 10.7. The van der Waals surface area contributed by atoms with Gasteiger partial charge in [0.15, 0.2) is 28.8 Å². The van der Waals surface area contributed by atoms with Gasteiger partial charge in [-0.05, 0) is 89.0 Å². The standard InChI is InChI=1S/C68H36N10/c1-72-50-26-30-52(59(38-50)73-2)47-25-32-63-58(36-47)54-18-10-12-20-61(54)78(63)65-37-48(68-75-66(44-13-5-3-6-14-44)74-67(76-68)45-15-7-4-8-16-45)23-29-56(65)55-28-22-43(40-70)34-64(55)77-60-19-11-9-17-53(60)57-35-46(24-31-62(57)77)51-27-21-42(39-69)33-49(51)41-71/h3-38H. The van der Waals surface area contributed by atoms with Gasteiger partial charge in [-0.3, -0.25) is 0 Å². The fraction of sp³-hybridized carbons (Fsp3) is 0. The molecule has 13 rings (SSSR count). The Balaban J connectivity index is 1.09. The van der Waals surface area contributed by atoms with Crippen molar-refractivity contribution >= 4 is 55.0 Å². The van der Waals surface area contributed by atoms with Crippen LogP contribution < -0.4 is 0 Å². The summed E-state index contributed by atoms with van der Waals surface area (Å²) in [5.74, 6) is 1.54. The van der Waals surface area contributed by atoms with E-state index in [-0.39, 0.29) is 0 Å². The minimum Gasteiger partial charge on any atom is -0.309 e. The monoisotopic (exact) mass is 992 g/mol. The Morgan fingerprint density at radius 3 is 1.36 bits per heavy atom. The van der Waals surface area contributed by atoms with Gasteiger partial charge in [-0.25, -0.2) is 24.6 Å². The molecule has 0 fully saturated rings. The van der Waals surface area contributed by atoms with Gasteiger partial charge in [-0.1, -0.05) is 152 Å². The molecule has 3 heterocycles. The van der Waals surface area contributed by atoms with E-state index in [0.717, 1.165) is 105 Å². The minimum atomic E-state index is 0.402. The van der Waals surface area contributed by atoms with Crippen molar-refractivity contribution in [1.29, 1.82) is 15.8 Å². The quantitative estimate of drug-likeness (QED) is 0.139. The summed E-state index contributed by atoms with van der Waals surface area (Å²) < 4.78 is 4.48. The summed E-state index contributed by atoms with van der Waals surface area (Å²) in [6, 6.07) is 78.1. The maximum atomic E-state index is 10.6. The van der Waals surface area contributed by atoms with Crippen molar-refractivity contribution in [3.63, 3.8) is 0 Å². The SMILES string of the molecule is [C-]#[N+]c1ccc(-c2ccc3c(c2)c2ccccc2n3-c2cc(-c3nc(-c4ccccc4)nc(-c4ccccc4)n3)ccc2-c2ccc(C#N)cc2-n2c3ccccc3c3cc(-c4ccc(C#N)cc4C#N)ccc32)c([N+]#[C-])c1. The first-order valence-corrected chi connectivity index (χ1v) is 24.9. The van der Waals surface area contributed by atoms with Crippen LogP contribution in [-0.4, -0.2) is 24.1 Å². The fourth-order valence-corrected chi connectivity index (χ4v) is 10.7. The van der Waals surface area contributed by atoms with Gasteiger partial charge in [0.2, 0.25) is 0 Å². The Morgan fingerprint density at radius 1 is 0.346 bits per heavy atom. The van der Waals surface area contributed by atoms with Crippen LogP contribution in [-0.2, 0) is 0 Å². The first-order valence-electron chi connectivity index (χ1n) is 24.9. The van der Waals surface area contributed by atoms with Gasteiger partial charge in [0.25, 0.3) is 0 Å². The van der Waals surface area contributed by atoms with Crippen LogP contribution in [0.3, 0.4) is 0 Å². The number of nitriles is 3. The van der Waals surface area contributed by atoms with Gasteiger partial charge in [0.05, 0.1) is 81.5 Å². The van der Waals surface area contributed by atoms with E-state index in [2.05, 4.69) is 97.7 Å². The molecule has 78 heavy (non-hydrogen) atoms. The predicted molar refractivity (Wildman–Crippen MR) is 308 cm³/mol. The zero-order chi connectivity index (χ0) is 52.9. The molecule has 0 saturated heterocycles. The Bertz CT molecular complexity index is 4800. The number of aromatic nitrogens is 5. The van der Waals surface area contributed by atoms with Crippen molar-refractivity contribution in [3.8, 4) is 97.1 Å². The topological polar surface area (TPSA) is 129 Å². The number of para-hydroxylation sites is 2. The average Bonchev–Trinajstić information content (AvgIpc) is 4.02. The molecule has 10 nitrogen and oxygen atoms in total. The third kappa shape index (κ3) is 7.74. The molecular formula is C68H36N10. The van der Waals surface area contributed by atoms with E-state index in [4.69, 9.17) is 28.1 Å². The molecule has 0 saturated carbocycles. The smallest absolute Gasteiger partial charge is 0.184 e. The lowest BCUT2D eigenvalue weighted by molar-refractivity contribution is 1.07. The van der Waals surface area contributed by atoms with Crippen LogP contribution in [0, 0.1) is 47.1 Å². The van der Waals surface area contributed by atoms with Gasteiger partial charge in [0, 0.05) is 49.4 Å². The van der Waals surface area contributed by atoms with Gasteiger partial charge in [-0.15, -0.1) is 0 Å². The van der Waals surface area contributed by atoms with Crippen molar-refractivity contribution in [3.05, 3.63) is 258 Å². The van der Waals surface area contributed by atoms with E-state index in [9.17, 15) is 15.8 Å². The van der Waals surface area contributed by atoms with Crippen LogP contribution in [0.2, 0.25) is 0 Å². The average molecular weight is 993 g/mol. The molecule has 0 aliphatic rings. The van der Waals surface area contributed by atoms with Crippen molar-refractivity contribution in [2.24, 2.45) is 0 Å². The summed E-state index contributed by atoms with van der Waals surface area (Å²) in [5, 5.41) is 34.3. The molecule has 358 valence electrons. The second kappa shape index (κ2) is 18.9. The summed E-state index contributed by atoms with van der Waals surface area (Å²) in [6.07, 6.45) is 0. The molecule has 3 aromatic heterocycles. The Labute approximate surface area is 447 Å². The second-order valence-corrected chi connectivity index (χ2v) is 18.7. The highest BCUT2D eigenvalue weighted by Gasteiger charge is 2.24. The molecule has 0 aliphatic heterocycles. The van der Waals surface area contributed by atoms with Crippen LogP contribution in [0.25, 0.3) is 132 Å². The number of rotatable bonds is 8. The molecule has 10 aromatic carbocycles. The third-order valence-electron chi connectivity index (χ3n) is 14.3. The van der Waals surface area contributed by atoms with Crippen LogP contribution in [0.5, 0.6) is 0 Å². The van der Waals surface area contributed by atoms with Crippen LogP contribution in [0.4, 0.5) is 11.4 Å². The number of hydrogen-bond acceptors (Lipinski definition) is 6. The number of hydrogen-bond donors (Lipinski definition) is 0. The predicted octanol–water partition coefficient (Wildman–Crippen LogP) is 16.8. The second-order valence-electron chi connectivity index (χ2n) is 18.7. The highest BCUT2D eigenvalue weighted by atomic mass is 15.0. The molecule has 13 aromatic rings. The normalized spacial score (nSPS) is 11.0. The zero-order valence-corrected chi connectivity index (χ0v) is 41.3. The van der Waals surface area contributed by atoms with Crippen LogP contribution in [0.1, 0.15) is 16.7 Å². The van der Waals surface area contributed by atoms with E-state index in [0.29, 0.717) is 45.5 Å². The Morgan fingerprint density at radius 2 is 0.808 bits per heavy atom. The van der Waals surface area contributed by atoms with Crippen LogP contribution in [0.15, 0.2) is 218 Å². The largest absolute Gasteiger partial charge is 0.309 e. The minimum absolute atomic E-state index is 0.402. The maximum absolute atomic E-state index is 10.6. The van der Waals surface area contributed by atoms with E-state index >= 15 is 0 Å². The number of benzene rings is 10. The van der Waals surface area contributed by atoms with Gasteiger partial charge in [0.1, 0.15) is 0 Å². The molecule has 0 N–H and O–H groups in total. The highest BCUT2D eigenvalue weighted by Crippen LogP contribution is 2.45. The van der Waals surface area contributed by atoms with Gasteiger partial charge < -0.3 is 9.13 Å². The van der Waals surface area contributed by atoms with Crippen molar-refractivity contribution in [2.75, 3.05) is 0 Å². The van der Waals surface area contributed by atoms with E-state index in [1.165, 1.54) is 0 Å². The highest BCUT2D eigenvalue weighted by molar-refractivity contribution is 6.13. The number of fused-ring (bicyclic) bond motifs is 6. The molecule has 0 atom stereocenters. The molecule has 0 bridgehead atoms. The van der Waals surface area contributed by atoms with Crippen molar-refractivity contribution < 1.29 is 0 Å². The molecule has 10 heteroatoms. The maximum Gasteiger partial charge on any atom is 0.184 e. The zero-order valence-electron chi connectivity index (χ0n) is 41.3. The molecule has 0 amide bonds. The lowest BCUT2D eigenvalue weighted by Gasteiger charge is -2.20. The third-order valence-corrected chi connectivity index (χ3v) is 14.3. The lowest BCUT2D eigenvalue weighted by atomic mass is 9.96.